The van der Waals surface area contributed by atoms with Crippen LogP contribution in [0.1, 0.15) is 5.56 Å². The summed E-state index contributed by atoms with van der Waals surface area (Å²) >= 11 is 0. The van der Waals surface area contributed by atoms with Crippen molar-refractivity contribution >= 4 is 24.2 Å². The summed E-state index contributed by atoms with van der Waals surface area (Å²) in [5.74, 6) is 0. The lowest BCUT2D eigenvalue weighted by Gasteiger charge is -2.02. The van der Waals surface area contributed by atoms with Gasteiger partial charge in [-0.25, -0.2) is 4.79 Å². The van der Waals surface area contributed by atoms with Crippen LogP contribution >= 0.6 is 0 Å². The largest absolute Gasteiger partial charge is 0.326 e. The van der Waals surface area contributed by atoms with Crippen molar-refractivity contribution in [2.75, 3.05) is 0 Å². The van der Waals surface area contributed by atoms with Gasteiger partial charge in [0.1, 0.15) is 7.85 Å². The Bertz CT molecular complexity index is 612. The molecule has 0 aliphatic rings. The minimum Gasteiger partial charge on any atom is -0.307 e. The van der Waals surface area contributed by atoms with E-state index < -0.39 is 11.2 Å². The molecule has 0 atom stereocenters. The van der Waals surface area contributed by atoms with Crippen LogP contribution in [0, 0.1) is 6.92 Å². The van der Waals surface area contributed by atoms with E-state index in [0.29, 0.717) is 16.4 Å². The van der Waals surface area contributed by atoms with E-state index in [0.717, 1.165) is 5.56 Å². The summed E-state index contributed by atoms with van der Waals surface area (Å²) < 4.78 is 0. The summed E-state index contributed by atoms with van der Waals surface area (Å²) in [6, 6.07) is 3.39. The number of hydrogen-bond donors (Lipinski definition) is 2. The lowest BCUT2D eigenvalue weighted by Crippen LogP contribution is -2.25. The molecule has 5 heteroatoms. The maximum absolute atomic E-state index is 11.4. The number of aromatic nitrogens is 2. The fourth-order valence-electron chi connectivity index (χ4n) is 1.45. The van der Waals surface area contributed by atoms with E-state index >= 15 is 0 Å². The molecule has 0 aliphatic heterocycles. The van der Waals surface area contributed by atoms with Gasteiger partial charge in [0.2, 0.25) is 0 Å². The maximum atomic E-state index is 11.4. The molecule has 2 N–H and O–H groups in total. The molecule has 0 unspecified atom stereocenters. The molecule has 0 amide bonds. The van der Waals surface area contributed by atoms with E-state index in [9.17, 15) is 9.59 Å². The Balaban J connectivity index is 3.10. The van der Waals surface area contributed by atoms with E-state index in [1.807, 2.05) is 6.92 Å². The second-order valence-corrected chi connectivity index (χ2v) is 3.18. The fourth-order valence-corrected chi connectivity index (χ4v) is 1.45. The van der Waals surface area contributed by atoms with E-state index in [1.165, 1.54) is 0 Å². The monoisotopic (exact) mass is 186 g/mol. The van der Waals surface area contributed by atoms with Crippen molar-refractivity contribution in [2.45, 2.75) is 6.92 Å². The maximum Gasteiger partial charge on any atom is 0.326 e. The molecule has 0 spiro atoms. The number of nitrogens with one attached hydrogen (secondary N) is 2. The third kappa shape index (κ3) is 1.27. The molecule has 2 rings (SSSR count). The molecule has 68 valence electrons. The first-order valence-electron chi connectivity index (χ1n) is 4.10. The van der Waals surface area contributed by atoms with Gasteiger partial charge in [-0.3, -0.25) is 9.78 Å². The van der Waals surface area contributed by atoms with Crippen molar-refractivity contribution in [1.29, 1.82) is 0 Å². The Morgan fingerprint density at radius 1 is 1.21 bits per heavy atom. The average molecular weight is 186 g/mol. The first-order chi connectivity index (χ1) is 6.58. The molecule has 0 aliphatic carbocycles. The van der Waals surface area contributed by atoms with Crippen LogP contribution < -0.4 is 16.7 Å². The molecule has 14 heavy (non-hydrogen) atoms. The van der Waals surface area contributed by atoms with Gasteiger partial charge in [0, 0.05) is 5.52 Å². The van der Waals surface area contributed by atoms with Gasteiger partial charge < -0.3 is 4.98 Å². The highest BCUT2D eigenvalue weighted by Gasteiger charge is 2.03. The molecule has 1 aromatic carbocycles. The Morgan fingerprint density at radius 3 is 2.64 bits per heavy atom. The fraction of sp³-hybridized carbons (Fsp3) is 0.111. The number of aryl methyl sites for hydroxylation is 1. The highest BCUT2D eigenvalue weighted by atomic mass is 16.2. The van der Waals surface area contributed by atoms with Crippen molar-refractivity contribution in [3.8, 4) is 0 Å². The zero-order valence-electron chi connectivity index (χ0n) is 7.55. The molecule has 1 heterocycles. The summed E-state index contributed by atoms with van der Waals surface area (Å²) in [6.45, 7) is 1.83. The molecular formula is C9H7BN2O2. The predicted molar refractivity (Wildman–Crippen MR) is 55.3 cm³/mol. The van der Waals surface area contributed by atoms with Gasteiger partial charge in [0.05, 0.1) is 5.39 Å². The van der Waals surface area contributed by atoms with Crippen LogP contribution in [0.4, 0.5) is 0 Å². The third-order valence-electron chi connectivity index (χ3n) is 2.02. The van der Waals surface area contributed by atoms with E-state index in [1.54, 1.807) is 12.1 Å². The number of benzene rings is 1. The van der Waals surface area contributed by atoms with Crippen molar-refractivity contribution < 1.29 is 0 Å². The highest BCUT2D eigenvalue weighted by molar-refractivity contribution is 6.38. The number of hydrogen-bond acceptors (Lipinski definition) is 2. The van der Waals surface area contributed by atoms with Gasteiger partial charge in [0.15, 0.2) is 0 Å². The van der Waals surface area contributed by atoms with Gasteiger partial charge in [0.25, 0.3) is 5.56 Å². The minimum absolute atomic E-state index is 0.393. The Labute approximate surface area is 80.4 Å². The third-order valence-corrected chi connectivity index (χ3v) is 2.02. The SMILES string of the molecule is [B]c1cc(C)cc2c(=O)[nH]c(=O)[nH]c12. The summed E-state index contributed by atoms with van der Waals surface area (Å²) in [6.07, 6.45) is 0. The van der Waals surface area contributed by atoms with Crippen LogP contribution in [0.5, 0.6) is 0 Å². The van der Waals surface area contributed by atoms with Crippen LogP contribution in [0.2, 0.25) is 0 Å². The van der Waals surface area contributed by atoms with Crippen molar-refractivity contribution in [1.82, 2.24) is 9.97 Å². The molecular weight excluding hydrogens is 179 g/mol. The number of H-pyrrole nitrogens is 2. The van der Waals surface area contributed by atoms with E-state index in [2.05, 4.69) is 9.97 Å². The van der Waals surface area contributed by atoms with Crippen molar-refractivity contribution in [3.63, 3.8) is 0 Å². The summed E-state index contributed by atoms with van der Waals surface area (Å²) in [5.41, 5.74) is 0.720. The van der Waals surface area contributed by atoms with Gasteiger partial charge in [-0.2, -0.15) is 0 Å². The van der Waals surface area contributed by atoms with Gasteiger partial charge in [-0.15, -0.1) is 0 Å². The normalized spacial score (nSPS) is 10.6. The van der Waals surface area contributed by atoms with E-state index in [4.69, 9.17) is 7.85 Å². The summed E-state index contributed by atoms with van der Waals surface area (Å²) in [7, 11) is 5.67. The van der Waals surface area contributed by atoms with Gasteiger partial charge in [-0.05, 0) is 13.0 Å². The Morgan fingerprint density at radius 2 is 1.93 bits per heavy atom. The van der Waals surface area contributed by atoms with Crippen LogP contribution in [0.25, 0.3) is 10.9 Å². The molecule has 4 nitrogen and oxygen atoms in total. The summed E-state index contributed by atoms with van der Waals surface area (Å²) in [4.78, 5) is 27.0. The number of fused-ring (bicyclic) bond motifs is 1. The standard InChI is InChI=1S/C9H7BN2O2/c1-4-2-5-7(6(10)3-4)11-9(14)12-8(5)13/h2-3H,1H3,(H2,11,12,13,14). The molecule has 0 saturated carbocycles. The first-order valence-corrected chi connectivity index (χ1v) is 4.10. The predicted octanol–water partition coefficient (Wildman–Crippen LogP) is -0.681. The zero-order valence-corrected chi connectivity index (χ0v) is 7.55. The Hall–Kier alpha value is -1.78. The molecule has 0 bridgehead atoms. The smallest absolute Gasteiger partial charge is 0.307 e. The molecule has 2 radical (unpaired) electrons. The van der Waals surface area contributed by atoms with Crippen molar-refractivity contribution in [3.05, 3.63) is 38.5 Å². The molecule has 2 aromatic rings. The van der Waals surface area contributed by atoms with Gasteiger partial charge >= 0.3 is 5.69 Å². The highest BCUT2D eigenvalue weighted by Crippen LogP contribution is 2.03. The summed E-state index contributed by atoms with van der Waals surface area (Å²) in [5, 5.41) is 0.405. The lowest BCUT2D eigenvalue weighted by atomic mass is 9.92. The van der Waals surface area contributed by atoms with Gasteiger partial charge in [-0.1, -0.05) is 17.1 Å². The Kier molecular flexibility index (Phi) is 1.80. The van der Waals surface area contributed by atoms with Crippen LogP contribution in [-0.2, 0) is 0 Å². The lowest BCUT2D eigenvalue weighted by molar-refractivity contribution is 1.08. The first kappa shape index (κ1) is 8.81. The number of aromatic amines is 2. The van der Waals surface area contributed by atoms with Crippen LogP contribution in [0.3, 0.4) is 0 Å². The zero-order chi connectivity index (χ0) is 10.3. The minimum atomic E-state index is -0.543. The van der Waals surface area contributed by atoms with Crippen molar-refractivity contribution in [2.24, 2.45) is 0 Å². The van der Waals surface area contributed by atoms with Crippen LogP contribution in [-0.4, -0.2) is 17.8 Å². The van der Waals surface area contributed by atoms with Crippen LogP contribution in [0.15, 0.2) is 21.7 Å². The van der Waals surface area contributed by atoms with E-state index in [-0.39, 0.29) is 0 Å². The topological polar surface area (TPSA) is 65.7 Å². The average Bonchev–Trinajstić information content (AvgIpc) is 2.07. The molecule has 1 aromatic heterocycles. The second kappa shape index (κ2) is 2.87. The second-order valence-electron chi connectivity index (χ2n) is 3.18. The molecule has 0 fully saturated rings. The quantitative estimate of drug-likeness (QED) is 0.535. The molecule has 0 saturated heterocycles. The number of rotatable bonds is 0.